The Morgan fingerprint density at radius 2 is 1.62 bits per heavy atom. The highest BCUT2D eigenvalue weighted by Gasteiger charge is 2.15. The number of nitrogens with zero attached hydrogens (tertiary/aromatic N) is 1. The molecular weight excluding hydrogens is 454 g/mol. The van der Waals surface area contributed by atoms with E-state index in [0.29, 0.717) is 5.69 Å². The lowest BCUT2D eigenvalue weighted by Gasteiger charge is -2.18. The predicted octanol–water partition coefficient (Wildman–Crippen LogP) is 3.83. The number of para-hydroxylation sites is 1. The maximum Gasteiger partial charge on any atom is 0.243 e. The SMILES string of the molecule is Cc1cccc(C)c1NC(=O)CN(C)C(=O)CSCC(=O)Nc1cccc(Br)c1. The Morgan fingerprint density at radius 1 is 0.966 bits per heavy atom. The van der Waals surface area contributed by atoms with Crippen molar-refractivity contribution in [2.45, 2.75) is 13.8 Å². The molecule has 0 aliphatic rings. The first kappa shape index (κ1) is 23.0. The molecule has 0 spiro atoms. The molecule has 29 heavy (non-hydrogen) atoms. The van der Waals surface area contributed by atoms with E-state index in [1.54, 1.807) is 19.2 Å². The van der Waals surface area contributed by atoms with Crippen molar-refractivity contribution in [1.29, 1.82) is 0 Å². The average Bonchev–Trinajstić information content (AvgIpc) is 2.64. The predicted molar refractivity (Wildman–Crippen MR) is 122 cm³/mol. The third-order valence-corrected chi connectivity index (χ3v) is 5.53. The number of likely N-dealkylation sites (N-methyl/N-ethyl adjacent to an activating group) is 1. The van der Waals surface area contributed by atoms with E-state index in [1.807, 2.05) is 44.2 Å². The molecule has 2 aromatic carbocycles. The van der Waals surface area contributed by atoms with Crippen LogP contribution >= 0.6 is 27.7 Å². The fourth-order valence-corrected chi connectivity index (χ4v) is 3.75. The van der Waals surface area contributed by atoms with Crippen molar-refractivity contribution in [3.8, 4) is 0 Å². The van der Waals surface area contributed by atoms with E-state index in [0.717, 1.165) is 21.3 Å². The van der Waals surface area contributed by atoms with Crippen LogP contribution in [0.3, 0.4) is 0 Å². The third kappa shape index (κ3) is 7.55. The van der Waals surface area contributed by atoms with Gasteiger partial charge >= 0.3 is 0 Å². The van der Waals surface area contributed by atoms with Crippen LogP contribution in [0.15, 0.2) is 46.9 Å². The largest absolute Gasteiger partial charge is 0.336 e. The molecule has 0 fully saturated rings. The zero-order chi connectivity index (χ0) is 21.4. The Balaban J connectivity index is 1.74. The van der Waals surface area contributed by atoms with E-state index in [2.05, 4.69) is 26.6 Å². The first-order chi connectivity index (χ1) is 13.8. The fraction of sp³-hybridized carbons (Fsp3) is 0.286. The minimum absolute atomic E-state index is 0.0442. The summed E-state index contributed by atoms with van der Waals surface area (Å²) < 4.78 is 0.874. The minimum atomic E-state index is -0.254. The number of amides is 3. The molecule has 0 saturated heterocycles. The Labute approximate surface area is 183 Å². The number of benzene rings is 2. The van der Waals surface area contributed by atoms with E-state index in [4.69, 9.17) is 0 Å². The number of hydrogen-bond donors (Lipinski definition) is 2. The van der Waals surface area contributed by atoms with Gasteiger partial charge in [-0.25, -0.2) is 0 Å². The molecule has 0 radical (unpaired) electrons. The molecule has 0 bridgehead atoms. The van der Waals surface area contributed by atoms with E-state index < -0.39 is 0 Å². The molecule has 2 N–H and O–H groups in total. The zero-order valence-corrected chi connectivity index (χ0v) is 19.0. The maximum atomic E-state index is 12.3. The lowest BCUT2D eigenvalue weighted by molar-refractivity contribution is -0.131. The molecule has 2 aromatic rings. The van der Waals surface area contributed by atoms with Crippen molar-refractivity contribution in [1.82, 2.24) is 4.90 Å². The van der Waals surface area contributed by atoms with Gasteiger partial charge in [0.2, 0.25) is 17.7 Å². The van der Waals surface area contributed by atoms with Crippen molar-refractivity contribution < 1.29 is 14.4 Å². The van der Waals surface area contributed by atoms with Gasteiger partial charge in [0.15, 0.2) is 0 Å². The topological polar surface area (TPSA) is 78.5 Å². The number of nitrogens with one attached hydrogen (secondary N) is 2. The molecule has 0 heterocycles. The lowest BCUT2D eigenvalue weighted by atomic mass is 10.1. The van der Waals surface area contributed by atoms with Crippen LogP contribution in [0.4, 0.5) is 11.4 Å². The summed E-state index contributed by atoms with van der Waals surface area (Å²) in [5.74, 6) is -0.367. The average molecular weight is 478 g/mol. The van der Waals surface area contributed by atoms with Gasteiger partial charge in [0, 0.05) is 22.9 Å². The van der Waals surface area contributed by atoms with Crippen LogP contribution in [-0.4, -0.2) is 47.7 Å². The van der Waals surface area contributed by atoms with Gasteiger partial charge < -0.3 is 15.5 Å². The first-order valence-electron chi connectivity index (χ1n) is 8.99. The summed E-state index contributed by atoms with van der Waals surface area (Å²) in [7, 11) is 1.58. The number of anilines is 2. The number of halogens is 1. The van der Waals surface area contributed by atoms with E-state index in [1.165, 1.54) is 16.7 Å². The molecule has 0 unspecified atom stereocenters. The van der Waals surface area contributed by atoms with Crippen molar-refractivity contribution in [3.05, 3.63) is 58.1 Å². The molecule has 0 atom stereocenters. The van der Waals surface area contributed by atoms with Crippen LogP contribution < -0.4 is 10.6 Å². The quantitative estimate of drug-likeness (QED) is 0.605. The monoisotopic (exact) mass is 477 g/mol. The van der Waals surface area contributed by atoms with Gasteiger partial charge in [0.05, 0.1) is 18.1 Å². The van der Waals surface area contributed by atoms with E-state index >= 15 is 0 Å². The molecule has 0 aromatic heterocycles. The highest BCUT2D eigenvalue weighted by Crippen LogP contribution is 2.19. The lowest BCUT2D eigenvalue weighted by Crippen LogP contribution is -2.36. The molecule has 8 heteroatoms. The van der Waals surface area contributed by atoms with Crippen molar-refractivity contribution in [2.24, 2.45) is 0 Å². The van der Waals surface area contributed by atoms with Crippen LogP contribution in [0.1, 0.15) is 11.1 Å². The number of hydrogen-bond acceptors (Lipinski definition) is 4. The number of carbonyl (C=O) groups excluding carboxylic acids is 3. The van der Waals surface area contributed by atoms with Crippen LogP contribution in [-0.2, 0) is 14.4 Å². The summed E-state index contributed by atoms with van der Waals surface area (Å²) in [6.45, 7) is 3.80. The van der Waals surface area contributed by atoms with Crippen LogP contribution in [0.2, 0.25) is 0 Å². The highest BCUT2D eigenvalue weighted by molar-refractivity contribution is 9.10. The smallest absolute Gasteiger partial charge is 0.243 e. The molecule has 0 saturated carbocycles. The Kier molecular flexibility index (Phi) is 8.72. The number of thioether (sulfide) groups is 1. The molecule has 6 nitrogen and oxygen atoms in total. The van der Waals surface area contributed by atoms with Gasteiger partial charge in [-0.05, 0) is 43.2 Å². The zero-order valence-electron chi connectivity index (χ0n) is 16.6. The molecular formula is C21H24BrN3O3S. The molecule has 154 valence electrons. The molecule has 3 amide bonds. The summed E-state index contributed by atoms with van der Waals surface area (Å²) in [5, 5.41) is 5.64. The van der Waals surface area contributed by atoms with Gasteiger partial charge in [0.25, 0.3) is 0 Å². The van der Waals surface area contributed by atoms with Crippen LogP contribution in [0, 0.1) is 13.8 Å². The van der Waals surface area contributed by atoms with Crippen LogP contribution in [0.25, 0.3) is 0 Å². The summed E-state index contributed by atoms with van der Waals surface area (Å²) >= 11 is 4.56. The van der Waals surface area contributed by atoms with Gasteiger partial charge in [-0.2, -0.15) is 0 Å². The fourth-order valence-electron chi connectivity index (χ4n) is 2.60. The summed E-state index contributed by atoms with van der Waals surface area (Å²) in [5.41, 5.74) is 3.41. The summed E-state index contributed by atoms with van der Waals surface area (Å²) in [6.07, 6.45) is 0. The summed E-state index contributed by atoms with van der Waals surface area (Å²) in [6, 6.07) is 13.1. The normalized spacial score (nSPS) is 10.3. The van der Waals surface area contributed by atoms with E-state index in [-0.39, 0.29) is 35.8 Å². The number of aryl methyl sites for hydroxylation is 2. The van der Waals surface area contributed by atoms with Crippen molar-refractivity contribution in [3.63, 3.8) is 0 Å². The second-order valence-corrected chi connectivity index (χ2v) is 8.52. The minimum Gasteiger partial charge on any atom is -0.336 e. The Hall–Kier alpha value is -2.32. The van der Waals surface area contributed by atoms with Crippen LogP contribution in [0.5, 0.6) is 0 Å². The first-order valence-corrected chi connectivity index (χ1v) is 10.9. The summed E-state index contributed by atoms with van der Waals surface area (Å²) in [4.78, 5) is 37.8. The second kappa shape index (κ2) is 11.0. The van der Waals surface area contributed by atoms with E-state index in [9.17, 15) is 14.4 Å². The number of carbonyl (C=O) groups is 3. The van der Waals surface area contributed by atoms with Gasteiger partial charge in [0.1, 0.15) is 0 Å². The Bertz CT molecular complexity index is 884. The molecule has 0 aliphatic carbocycles. The standard InChI is InChI=1S/C21H24BrN3O3S/c1-14-6-4-7-15(2)21(14)24-18(26)11-25(3)20(28)13-29-12-19(27)23-17-9-5-8-16(22)10-17/h4-10H,11-13H2,1-3H3,(H,23,27)(H,24,26). The van der Waals surface area contributed by atoms with Gasteiger partial charge in [-0.3, -0.25) is 14.4 Å². The highest BCUT2D eigenvalue weighted by atomic mass is 79.9. The van der Waals surface area contributed by atoms with Crippen molar-refractivity contribution >= 4 is 56.8 Å². The van der Waals surface area contributed by atoms with Gasteiger partial charge in [-0.1, -0.05) is 40.2 Å². The van der Waals surface area contributed by atoms with Gasteiger partial charge in [-0.15, -0.1) is 11.8 Å². The van der Waals surface area contributed by atoms with Crippen molar-refractivity contribution in [2.75, 3.05) is 35.7 Å². The maximum absolute atomic E-state index is 12.3. The molecule has 2 rings (SSSR count). The third-order valence-electron chi connectivity index (χ3n) is 4.12. The molecule has 0 aliphatic heterocycles. The second-order valence-electron chi connectivity index (χ2n) is 6.62. The Morgan fingerprint density at radius 3 is 2.28 bits per heavy atom. The number of rotatable bonds is 8.